The van der Waals surface area contributed by atoms with Gasteiger partial charge in [-0.1, -0.05) is 37.7 Å². The van der Waals surface area contributed by atoms with Crippen molar-refractivity contribution >= 4 is 28.4 Å². The van der Waals surface area contributed by atoms with Crippen molar-refractivity contribution < 1.29 is 9.53 Å². The number of rotatable bonds is 9. The number of ketones is 1. The normalized spacial score (nSPS) is 12.6. The predicted octanol–water partition coefficient (Wildman–Crippen LogP) is 4.65. The van der Waals surface area contributed by atoms with Crippen molar-refractivity contribution in [3.8, 4) is 0 Å². The van der Waals surface area contributed by atoms with E-state index >= 15 is 0 Å². The zero-order chi connectivity index (χ0) is 22.7. The summed E-state index contributed by atoms with van der Waals surface area (Å²) in [7, 11) is 1.68. The van der Waals surface area contributed by atoms with E-state index in [-0.39, 0.29) is 29.1 Å². The molecule has 0 fully saturated rings. The van der Waals surface area contributed by atoms with Crippen molar-refractivity contribution in [1.29, 1.82) is 0 Å². The van der Waals surface area contributed by atoms with Crippen molar-refractivity contribution in [2.24, 2.45) is 5.92 Å². The number of hydrogen-bond donors (Lipinski definition) is 0. The summed E-state index contributed by atoms with van der Waals surface area (Å²) in [5.41, 5.74) is 3.30. The maximum Gasteiger partial charge on any atom is 0.262 e. The molecule has 7 heteroatoms. The van der Waals surface area contributed by atoms with Gasteiger partial charge in [-0.05, 0) is 44.9 Å². The second-order valence-electron chi connectivity index (χ2n) is 8.39. The van der Waals surface area contributed by atoms with Gasteiger partial charge in [-0.25, -0.2) is 4.98 Å². The first-order valence-corrected chi connectivity index (χ1v) is 11.6. The highest BCUT2D eigenvalue weighted by molar-refractivity contribution is 7.99. The third-order valence-corrected chi connectivity index (χ3v) is 6.32. The monoisotopic (exact) mass is 441 g/mol. The van der Waals surface area contributed by atoms with Gasteiger partial charge in [-0.2, -0.15) is 0 Å². The molecule has 166 valence electrons. The van der Waals surface area contributed by atoms with Crippen LogP contribution in [0.5, 0.6) is 0 Å². The van der Waals surface area contributed by atoms with E-state index in [0.29, 0.717) is 34.8 Å². The van der Waals surface area contributed by atoms with Crippen LogP contribution in [-0.2, 0) is 11.3 Å². The number of thioether (sulfide) groups is 1. The minimum absolute atomic E-state index is 0.0347. The standard InChI is InChI=1S/C24H31N3O3S/c1-15(2)12-26-23(29)19-9-7-8-10-21(19)25-24(26)31-14-22(28)20-11-16(3)27(18(20)5)17(4)13-30-6/h7-11,15,17H,12-14H2,1-6H3/t17-/m0/s1. The van der Waals surface area contributed by atoms with Crippen molar-refractivity contribution in [2.75, 3.05) is 19.5 Å². The lowest BCUT2D eigenvalue weighted by Gasteiger charge is -2.17. The summed E-state index contributed by atoms with van der Waals surface area (Å²) in [6, 6.07) is 9.46. The first-order chi connectivity index (χ1) is 14.7. The number of carbonyl (C=O) groups is 1. The van der Waals surface area contributed by atoms with E-state index in [4.69, 9.17) is 9.72 Å². The summed E-state index contributed by atoms with van der Waals surface area (Å²) in [5, 5.41) is 1.20. The molecule has 0 amide bonds. The predicted molar refractivity (Wildman–Crippen MR) is 126 cm³/mol. The smallest absolute Gasteiger partial charge is 0.262 e. The minimum Gasteiger partial charge on any atom is -0.383 e. The van der Waals surface area contributed by atoms with E-state index in [1.165, 1.54) is 11.8 Å². The molecule has 3 rings (SSSR count). The van der Waals surface area contributed by atoms with Crippen molar-refractivity contribution in [3.05, 3.63) is 57.6 Å². The van der Waals surface area contributed by atoms with Gasteiger partial charge < -0.3 is 9.30 Å². The third-order valence-electron chi connectivity index (χ3n) is 5.34. The fourth-order valence-corrected chi connectivity index (χ4v) is 4.94. The van der Waals surface area contributed by atoms with Crippen LogP contribution in [0.3, 0.4) is 0 Å². The summed E-state index contributed by atoms with van der Waals surface area (Å²) < 4.78 is 9.13. The molecule has 1 aromatic carbocycles. The molecule has 0 bridgehead atoms. The topological polar surface area (TPSA) is 66.1 Å². The average molecular weight is 442 g/mol. The first kappa shape index (κ1) is 23.3. The highest BCUT2D eigenvalue weighted by atomic mass is 32.2. The van der Waals surface area contributed by atoms with Crippen LogP contribution in [0, 0.1) is 19.8 Å². The van der Waals surface area contributed by atoms with Crippen LogP contribution in [0.25, 0.3) is 10.9 Å². The van der Waals surface area contributed by atoms with Gasteiger partial charge >= 0.3 is 0 Å². The van der Waals surface area contributed by atoms with Crippen molar-refractivity contribution in [2.45, 2.75) is 52.4 Å². The third kappa shape index (κ3) is 4.93. The lowest BCUT2D eigenvalue weighted by atomic mass is 10.2. The second-order valence-corrected chi connectivity index (χ2v) is 9.33. The molecule has 3 aromatic rings. The Balaban J connectivity index is 1.90. The number of fused-ring (bicyclic) bond motifs is 1. The summed E-state index contributed by atoms with van der Waals surface area (Å²) >= 11 is 1.33. The van der Waals surface area contributed by atoms with Crippen LogP contribution in [-0.4, -0.2) is 39.4 Å². The van der Waals surface area contributed by atoms with Gasteiger partial charge in [0.05, 0.1) is 29.3 Å². The number of methoxy groups -OCH3 is 1. The van der Waals surface area contributed by atoms with E-state index in [9.17, 15) is 9.59 Å². The minimum atomic E-state index is -0.0548. The highest BCUT2D eigenvalue weighted by Crippen LogP contribution is 2.24. The molecule has 0 saturated heterocycles. The molecule has 0 saturated carbocycles. The molecule has 0 aliphatic rings. The molecule has 0 spiro atoms. The highest BCUT2D eigenvalue weighted by Gasteiger charge is 2.20. The summed E-state index contributed by atoms with van der Waals surface area (Å²) in [6.07, 6.45) is 0. The Hall–Kier alpha value is -2.38. The van der Waals surface area contributed by atoms with Gasteiger partial charge in [0.2, 0.25) is 0 Å². The SMILES string of the molecule is COC[C@H](C)n1c(C)cc(C(=O)CSc2nc3ccccc3c(=O)n2CC(C)C)c1C. The number of nitrogens with zero attached hydrogens (tertiary/aromatic N) is 3. The Bertz CT molecular complexity index is 1150. The molecular weight excluding hydrogens is 410 g/mol. The fraction of sp³-hybridized carbons (Fsp3) is 0.458. The van der Waals surface area contributed by atoms with Crippen LogP contribution in [0.2, 0.25) is 0 Å². The van der Waals surface area contributed by atoms with Crippen LogP contribution in [0.15, 0.2) is 40.3 Å². The zero-order valence-electron chi connectivity index (χ0n) is 19.1. The molecule has 2 aromatic heterocycles. The molecule has 0 N–H and O–H groups in total. The van der Waals surface area contributed by atoms with E-state index < -0.39 is 0 Å². The van der Waals surface area contributed by atoms with E-state index in [2.05, 4.69) is 25.3 Å². The molecule has 0 aliphatic carbocycles. The van der Waals surface area contributed by atoms with E-state index in [0.717, 1.165) is 11.4 Å². The number of hydrogen-bond acceptors (Lipinski definition) is 5. The first-order valence-electron chi connectivity index (χ1n) is 10.6. The van der Waals surface area contributed by atoms with E-state index in [1.807, 2.05) is 38.1 Å². The van der Waals surface area contributed by atoms with Gasteiger partial charge in [0.25, 0.3) is 5.56 Å². The number of para-hydroxylation sites is 1. The quantitative estimate of drug-likeness (QED) is 0.275. The van der Waals surface area contributed by atoms with Crippen molar-refractivity contribution in [1.82, 2.24) is 14.1 Å². The van der Waals surface area contributed by atoms with Gasteiger partial charge in [0, 0.05) is 30.6 Å². The Morgan fingerprint density at radius 3 is 2.58 bits per heavy atom. The molecule has 2 heterocycles. The maximum atomic E-state index is 13.1. The average Bonchev–Trinajstić information content (AvgIpc) is 3.02. The molecule has 0 radical (unpaired) electrons. The molecule has 0 aliphatic heterocycles. The maximum absolute atomic E-state index is 13.1. The lowest BCUT2D eigenvalue weighted by Crippen LogP contribution is -2.25. The number of aromatic nitrogens is 3. The Labute approximate surface area is 187 Å². The van der Waals surface area contributed by atoms with Crippen LogP contribution in [0.1, 0.15) is 48.6 Å². The number of ether oxygens (including phenoxy) is 1. The van der Waals surface area contributed by atoms with E-state index in [1.54, 1.807) is 17.7 Å². The van der Waals surface area contributed by atoms with Crippen LogP contribution < -0.4 is 5.56 Å². The number of Topliss-reactive ketones (excluding diaryl/α,β-unsaturated/α-hetero) is 1. The molecule has 0 unspecified atom stereocenters. The number of carbonyl (C=O) groups excluding carboxylic acids is 1. The Kier molecular flexibility index (Phi) is 7.38. The largest absolute Gasteiger partial charge is 0.383 e. The van der Waals surface area contributed by atoms with Crippen molar-refractivity contribution in [3.63, 3.8) is 0 Å². The van der Waals surface area contributed by atoms with Gasteiger partial charge in [0.1, 0.15) is 0 Å². The summed E-state index contributed by atoms with van der Waals surface area (Å²) in [4.78, 5) is 30.8. The summed E-state index contributed by atoms with van der Waals surface area (Å²) in [5.74, 6) is 0.552. The number of aryl methyl sites for hydroxylation is 1. The van der Waals surface area contributed by atoms with Gasteiger partial charge in [-0.15, -0.1) is 0 Å². The van der Waals surface area contributed by atoms with Gasteiger partial charge in [-0.3, -0.25) is 14.2 Å². The van der Waals surface area contributed by atoms with Gasteiger partial charge in [0.15, 0.2) is 10.9 Å². The lowest BCUT2D eigenvalue weighted by molar-refractivity contribution is 0.102. The van der Waals surface area contributed by atoms with Crippen LogP contribution in [0.4, 0.5) is 0 Å². The second kappa shape index (κ2) is 9.83. The summed E-state index contributed by atoms with van der Waals surface area (Å²) in [6.45, 7) is 11.3. The Morgan fingerprint density at radius 1 is 1.19 bits per heavy atom. The Morgan fingerprint density at radius 2 is 1.90 bits per heavy atom. The number of benzene rings is 1. The molecule has 6 nitrogen and oxygen atoms in total. The molecule has 31 heavy (non-hydrogen) atoms. The molecule has 1 atom stereocenters. The molecular formula is C24H31N3O3S. The van der Waals surface area contributed by atoms with Crippen LogP contribution >= 0.6 is 11.8 Å². The zero-order valence-corrected chi connectivity index (χ0v) is 20.0. The fourth-order valence-electron chi connectivity index (χ4n) is 4.05.